The second-order valence-corrected chi connectivity index (χ2v) is 24.5. The Kier molecular flexibility index (Phi) is 8.21. The maximum atomic E-state index is 8.56. The Morgan fingerprint density at radius 3 is 1.88 bits per heavy atom. The van der Waals surface area contributed by atoms with Gasteiger partial charge in [0.1, 0.15) is 0 Å². The second-order valence-electron chi connectivity index (χ2n) is 23.4. The summed E-state index contributed by atoms with van der Waals surface area (Å²) in [5.41, 5.74) is 20.8. The predicted molar refractivity (Wildman–Crippen MR) is 280 cm³/mol. The van der Waals surface area contributed by atoms with Gasteiger partial charge in [-0.25, -0.2) is 0 Å². The van der Waals surface area contributed by atoms with Crippen LogP contribution in [0.3, 0.4) is 0 Å². The summed E-state index contributed by atoms with van der Waals surface area (Å²) in [4.78, 5) is 5.23. The number of nitrogens with zero attached hydrogens (tertiary/aromatic N) is 2. The fraction of sp³-hybridized carbons (Fsp3) is 0.367. The normalized spacial score (nSPS) is 19.4. The van der Waals surface area contributed by atoms with E-state index in [1.54, 1.807) is 0 Å². The van der Waals surface area contributed by atoms with Gasteiger partial charge in [-0.15, -0.1) is 11.3 Å². The second kappa shape index (κ2) is 13.7. The van der Waals surface area contributed by atoms with Crippen LogP contribution in [-0.4, -0.2) is 6.71 Å². The summed E-state index contributed by atoms with van der Waals surface area (Å²) in [5, 5.41) is 0.997. The molecule has 2 aliphatic heterocycles. The average Bonchev–Trinajstić information content (AvgIpc) is 3.64. The van der Waals surface area contributed by atoms with E-state index in [-0.39, 0.29) is 33.8 Å². The average molecular weight is 860 g/mol. The van der Waals surface area contributed by atoms with Crippen molar-refractivity contribution in [1.82, 2.24) is 0 Å². The molecule has 2 nitrogen and oxygen atoms in total. The van der Waals surface area contributed by atoms with Crippen LogP contribution >= 0.6 is 11.3 Å². The molecule has 0 radical (unpaired) electrons. The third kappa shape index (κ3) is 6.10. The van der Waals surface area contributed by atoms with Gasteiger partial charge < -0.3 is 9.80 Å². The third-order valence-electron chi connectivity index (χ3n) is 16.0. The van der Waals surface area contributed by atoms with E-state index >= 15 is 0 Å². The first kappa shape index (κ1) is 38.2. The summed E-state index contributed by atoms with van der Waals surface area (Å²) in [5.74, 6) is 0. The summed E-state index contributed by atoms with van der Waals surface area (Å²) in [6, 6.07) is 41.2. The monoisotopic (exact) mass is 860 g/mol. The van der Waals surface area contributed by atoms with Gasteiger partial charge in [-0.3, -0.25) is 0 Å². The first-order chi connectivity index (χ1) is 31.4. The summed E-state index contributed by atoms with van der Waals surface area (Å²) in [6.07, 6.45) is 4.50. The molecule has 0 spiro atoms. The molecule has 64 heavy (non-hydrogen) atoms. The molecule has 0 amide bonds. The van der Waals surface area contributed by atoms with Crippen molar-refractivity contribution in [1.29, 1.82) is 0 Å². The van der Waals surface area contributed by atoms with Gasteiger partial charge >= 0.3 is 0 Å². The quantitative estimate of drug-likeness (QED) is 0.163. The van der Waals surface area contributed by atoms with E-state index in [0.29, 0.717) is 5.56 Å². The van der Waals surface area contributed by atoms with Crippen LogP contribution in [0.4, 0.5) is 34.1 Å². The number of thiophene rings is 1. The molecule has 0 bridgehead atoms. The lowest BCUT2D eigenvalue weighted by molar-refractivity contribution is 0.332. The highest BCUT2D eigenvalue weighted by Gasteiger charge is 2.50. The van der Waals surface area contributed by atoms with E-state index in [0.717, 1.165) is 52.8 Å². The van der Waals surface area contributed by atoms with E-state index in [9.17, 15) is 0 Å². The SMILES string of the molecule is [2H]C([2H])([2H])c1ccc2sc3c(c2c1)N(c1ccc(C(C)(C)C)cc1)c1cc(C)cc2c1B3c1ccc3c(c1N2c1cc2c(cc1-c1ccccc1)C(C)(C)CCC2(C)C)C(C)(C)CCC3(C)C. The number of anilines is 6. The number of hydrogen-bond donors (Lipinski definition) is 0. The van der Waals surface area contributed by atoms with Gasteiger partial charge in [-0.1, -0.05) is 142 Å². The number of benzene rings is 6. The van der Waals surface area contributed by atoms with Crippen LogP contribution < -0.4 is 25.5 Å². The number of fused-ring (bicyclic) bond motifs is 9. The molecular weight excluding hydrogens is 792 g/mol. The summed E-state index contributed by atoms with van der Waals surface area (Å²) in [6.45, 7) is 26.4. The van der Waals surface area contributed by atoms with Crippen LogP contribution in [0, 0.1) is 13.8 Å². The molecule has 0 saturated heterocycles. The molecule has 11 rings (SSSR count). The molecule has 4 aliphatic rings. The first-order valence-electron chi connectivity index (χ1n) is 25.2. The van der Waals surface area contributed by atoms with Crippen LogP contribution in [-0.2, 0) is 27.1 Å². The molecule has 6 aromatic carbocycles. The van der Waals surface area contributed by atoms with Crippen molar-refractivity contribution in [3.05, 3.63) is 148 Å². The summed E-state index contributed by atoms with van der Waals surface area (Å²) in [7, 11) is 0. The summed E-state index contributed by atoms with van der Waals surface area (Å²) < 4.78 is 28.0. The smallest absolute Gasteiger partial charge is 0.264 e. The van der Waals surface area contributed by atoms with Crippen molar-refractivity contribution in [3.8, 4) is 11.1 Å². The Morgan fingerprint density at radius 1 is 0.594 bits per heavy atom. The molecule has 0 N–H and O–H groups in total. The van der Waals surface area contributed by atoms with E-state index < -0.39 is 6.85 Å². The first-order valence-corrected chi connectivity index (χ1v) is 24.5. The maximum absolute atomic E-state index is 8.56. The van der Waals surface area contributed by atoms with Crippen molar-refractivity contribution < 1.29 is 4.11 Å². The van der Waals surface area contributed by atoms with E-state index in [4.69, 9.17) is 4.11 Å². The van der Waals surface area contributed by atoms with Crippen molar-refractivity contribution in [2.24, 2.45) is 0 Å². The molecule has 0 saturated carbocycles. The predicted octanol–water partition coefficient (Wildman–Crippen LogP) is 15.3. The number of hydrogen-bond acceptors (Lipinski definition) is 3. The minimum absolute atomic E-state index is 0.00500. The minimum Gasteiger partial charge on any atom is -0.310 e. The van der Waals surface area contributed by atoms with Crippen molar-refractivity contribution in [2.45, 2.75) is 143 Å². The molecule has 7 aromatic rings. The Bertz CT molecular complexity index is 3180. The van der Waals surface area contributed by atoms with Gasteiger partial charge in [0.15, 0.2) is 0 Å². The molecule has 324 valence electrons. The molecule has 0 atom stereocenters. The molecule has 0 fully saturated rings. The van der Waals surface area contributed by atoms with Gasteiger partial charge in [0, 0.05) is 47.3 Å². The minimum atomic E-state index is -2.23. The van der Waals surface area contributed by atoms with Gasteiger partial charge in [0.25, 0.3) is 6.71 Å². The van der Waals surface area contributed by atoms with Crippen LogP contribution in [0.25, 0.3) is 21.2 Å². The standard InChI is InChI=1S/C60H65BN2S/c1-36-19-26-50-42(31-36)53-55(64-50)61-46-25-24-43-51(60(12,13)30-29-57(43,6)7)54(46)63(49-33-37(2)32-48(52(49)61)62(53)40-22-20-39(21-23-40)56(3,4)5)47-35-45-44(58(8,9)27-28-59(45,10)11)34-41(47)38-17-15-14-16-18-38/h14-26,31-35H,27-30H2,1-13H3/i1D3. The number of aryl methyl sites for hydroxylation is 2. The van der Waals surface area contributed by atoms with E-state index in [1.165, 1.54) is 77.3 Å². The lowest BCUT2D eigenvalue weighted by atomic mass is 9.35. The molecule has 2 aliphatic carbocycles. The lowest BCUT2D eigenvalue weighted by Gasteiger charge is -2.50. The van der Waals surface area contributed by atoms with Gasteiger partial charge in [0.2, 0.25) is 0 Å². The van der Waals surface area contributed by atoms with Crippen LogP contribution in [0.1, 0.15) is 145 Å². The van der Waals surface area contributed by atoms with Gasteiger partial charge in [-0.05, 0) is 165 Å². The zero-order valence-corrected chi connectivity index (χ0v) is 40.9. The van der Waals surface area contributed by atoms with E-state index in [2.05, 4.69) is 190 Å². The van der Waals surface area contributed by atoms with Gasteiger partial charge in [-0.2, -0.15) is 0 Å². The highest BCUT2D eigenvalue weighted by Crippen LogP contribution is 2.57. The molecule has 3 heterocycles. The third-order valence-corrected chi connectivity index (χ3v) is 17.3. The number of rotatable bonds is 3. The summed E-state index contributed by atoms with van der Waals surface area (Å²) >= 11 is 1.84. The zero-order chi connectivity index (χ0) is 47.5. The Morgan fingerprint density at radius 2 is 1.22 bits per heavy atom. The zero-order valence-electron chi connectivity index (χ0n) is 43.1. The molecular formula is C60H65BN2S. The Hall–Kier alpha value is -5.06. The molecule has 4 heteroatoms. The van der Waals surface area contributed by atoms with E-state index in [1.807, 2.05) is 23.5 Å². The van der Waals surface area contributed by atoms with Crippen molar-refractivity contribution >= 4 is 78.0 Å². The topological polar surface area (TPSA) is 6.48 Å². The fourth-order valence-corrected chi connectivity index (χ4v) is 13.4. The highest BCUT2D eigenvalue weighted by atomic mass is 32.1. The maximum Gasteiger partial charge on any atom is 0.264 e. The molecule has 0 unspecified atom stereocenters. The van der Waals surface area contributed by atoms with Gasteiger partial charge in [0.05, 0.1) is 11.4 Å². The highest BCUT2D eigenvalue weighted by molar-refractivity contribution is 7.33. The Balaban J connectivity index is 1.31. The van der Waals surface area contributed by atoms with Crippen LogP contribution in [0.2, 0.25) is 0 Å². The van der Waals surface area contributed by atoms with Crippen LogP contribution in [0.5, 0.6) is 0 Å². The fourth-order valence-electron chi connectivity index (χ4n) is 12.1. The largest absolute Gasteiger partial charge is 0.310 e. The molecule has 1 aromatic heterocycles. The van der Waals surface area contributed by atoms with Crippen molar-refractivity contribution in [3.63, 3.8) is 0 Å². The van der Waals surface area contributed by atoms with Crippen molar-refractivity contribution in [2.75, 3.05) is 9.80 Å². The van der Waals surface area contributed by atoms with Crippen LogP contribution in [0.15, 0.2) is 109 Å². The lowest BCUT2D eigenvalue weighted by Crippen LogP contribution is -2.61. The Labute approximate surface area is 392 Å².